The molecule has 5 nitrogen and oxygen atoms in total. The number of hydrogen-bond acceptors (Lipinski definition) is 4. The maximum absolute atomic E-state index is 5.06. The second-order valence-corrected chi connectivity index (χ2v) is 4.80. The zero-order valence-corrected chi connectivity index (χ0v) is 11.3. The standard InChI is InChI=1S/C12H24N4O/c1-10(2)7-13-8-12-14-9-16(15-12)11(3)5-6-17-4/h9-11,13H,5-8H2,1-4H3. The molecule has 98 valence electrons. The van der Waals surface area contributed by atoms with Crippen LogP contribution in [-0.2, 0) is 11.3 Å². The average molecular weight is 240 g/mol. The lowest BCUT2D eigenvalue weighted by Gasteiger charge is -2.10. The minimum atomic E-state index is 0.335. The summed E-state index contributed by atoms with van der Waals surface area (Å²) in [5, 5.41) is 7.78. The first kappa shape index (κ1) is 14.1. The van der Waals surface area contributed by atoms with Gasteiger partial charge in [-0.15, -0.1) is 0 Å². The highest BCUT2D eigenvalue weighted by Crippen LogP contribution is 2.08. The molecule has 0 aromatic carbocycles. The first-order valence-electron chi connectivity index (χ1n) is 6.23. The van der Waals surface area contributed by atoms with Gasteiger partial charge in [-0.3, -0.25) is 0 Å². The predicted molar refractivity (Wildman–Crippen MR) is 67.8 cm³/mol. The quantitative estimate of drug-likeness (QED) is 0.750. The van der Waals surface area contributed by atoms with E-state index in [1.54, 1.807) is 13.4 Å². The van der Waals surface area contributed by atoms with E-state index in [4.69, 9.17) is 4.74 Å². The summed E-state index contributed by atoms with van der Waals surface area (Å²) in [7, 11) is 1.72. The van der Waals surface area contributed by atoms with Crippen molar-refractivity contribution >= 4 is 0 Å². The van der Waals surface area contributed by atoms with Crippen molar-refractivity contribution in [2.24, 2.45) is 5.92 Å². The Labute approximate surface area is 104 Å². The van der Waals surface area contributed by atoms with Crippen molar-refractivity contribution in [1.82, 2.24) is 20.1 Å². The van der Waals surface area contributed by atoms with E-state index in [0.29, 0.717) is 12.0 Å². The SMILES string of the molecule is COCCC(C)n1cnc(CNCC(C)C)n1. The molecule has 0 amide bonds. The Morgan fingerprint density at radius 3 is 2.82 bits per heavy atom. The summed E-state index contributed by atoms with van der Waals surface area (Å²) in [6, 6.07) is 0.335. The molecule has 0 aliphatic carbocycles. The highest BCUT2D eigenvalue weighted by molar-refractivity contribution is 4.82. The lowest BCUT2D eigenvalue weighted by molar-refractivity contribution is 0.178. The van der Waals surface area contributed by atoms with Crippen molar-refractivity contribution in [2.45, 2.75) is 39.8 Å². The molecule has 1 aromatic rings. The van der Waals surface area contributed by atoms with Gasteiger partial charge in [0.25, 0.3) is 0 Å². The Kier molecular flexibility index (Phi) is 6.15. The van der Waals surface area contributed by atoms with Gasteiger partial charge in [0.05, 0.1) is 12.6 Å². The molecule has 1 atom stereocenters. The van der Waals surface area contributed by atoms with Gasteiger partial charge in [-0.1, -0.05) is 13.8 Å². The highest BCUT2D eigenvalue weighted by atomic mass is 16.5. The van der Waals surface area contributed by atoms with Crippen molar-refractivity contribution < 1.29 is 4.74 Å². The van der Waals surface area contributed by atoms with E-state index in [1.807, 2.05) is 4.68 Å². The molecule has 5 heteroatoms. The molecule has 1 heterocycles. The molecule has 1 aromatic heterocycles. The van der Waals surface area contributed by atoms with Crippen LogP contribution >= 0.6 is 0 Å². The number of nitrogens with zero attached hydrogens (tertiary/aromatic N) is 3. The molecular formula is C12H24N4O. The third-order valence-corrected chi connectivity index (χ3v) is 2.58. The van der Waals surface area contributed by atoms with Gasteiger partial charge < -0.3 is 10.1 Å². The Balaban J connectivity index is 2.36. The minimum Gasteiger partial charge on any atom is -0.385 e. The molecule has 1 N–H and O–H groups in total. The van der Waals surface area contributed by atoms with Crippen LogP contribution in [-0.4, -0.2) is 35.0 Å². The van der Waals surface area contributed by atoms with Crippen LogP contribution in [0.4, 0.5) is 0 Å². The summed E-state index contributed by atoms with van der Waals surface area (Å²) in [5.41, 5.74) is 0. The number of hydrogen-bond donors (Lipinski definition) is 1. The molecule has 0 aliphatic rings. The highest BCUT2D eigenvalue weighted by Gasteiger charge is 2.07. The van der Waals surface area contributed by atoms with Crippen LogP contribution in [0.5, 0.6) is 0 Å². The molecule has 17 heavy (non-hydrogen) atoms. The van der Waals surface area contributed by atoms with Crippen LogP contribution in [0.2, 0.25) is 0 Å². The smallest absolute Gasteiger partial charge is 0.164 e. The average Bonchev–Trinajstić information content (AvgIpc) is 2.74. The van der Waals surface area contributed by atoms with Crippen molar-refractivity contribution in [3.05, 3.63) is 12.2 Å². The number of methoxy groups -OCH3 is 1. The number of nitrogens with one attached hydrogen (secondary N) is 1. The Morgan fingerprint density at radius 1 is 1.41 bits per heavy atom. The minimum absolute atomic E-state index is 0.335. The fourth-order valence-corrected chi connectivity index (χ4v) is 1.50. The van der Waals surface area contributed by atoms with Gasteiger partial charge in [0, 0.05) is 13.7 Å². The van der Waals surface area contributed by atoms with Gasteiger partial charge in [0.2, 0.25) is 0 Å². The lowest BCUT2D eigenvalue weighted by atomic mass is 10.2. The van der Waals surface area contributed by atoms with Gasteiger partial charge >= 0.3 is 0 Å². The zero-order valence-electron chi connectivity index (χ0n) is 11.3. The van der Waals surface area contributed by atoms with E-state index in [1.165, 1.54) is 0 Å². The number of aromatic nitrogens is 3. The lowest BCUT2D eigenvalue weighted by Crippen LogP contribution is -2.20. The third-order valence-electron chi connectivity index (χ3n) is 2.58. The summed E-state index contributed by atoms with van der Waals surface area (Å²) in [5.74, 6) is 1.51. The van der Waals surface area contributed by atoms with Crippen LogP contribution in [0.15, 0.2) is 6.33 Å². The van der Waals surface area contributed by atoms with E-state index in [-0.39, 0.29) is 0 Å². The summed E-state index contributed by atoms with van der Waals surface area (Å²) in [6.07, 6.45) is 2.76. The van der Waals surface area contributed by atoms with Crippen molar-refractivity contribution in [3.63, 3.8) is 0 Å². The summed E-state index contributed by atoms with van der Waals surface area (Å²) in [4.78, 5) is 4.29. The van der Waals surface area contributed by atoms with Gasteiger partial charge in [-0.25, -0.2) is 9.67 Å². The molecule has 1 rings (SSSR count). The fourth-order valence-electron chi connectivity index (χ4n) is 1.50. The van der Waals surface area contributed by atoms with Gasteiger partial charge in [0.1, 0.15) is 6.33 Å². The van der Waals surface area contributed by atoms with Crippen molar-refractivity contribution in [1.29, 1.82) is 0 Å². The van der Waals surface area contributed by atoms with Gasteiger partial charge in [-0.05, 0) is 25.8 Å². The van der Waals surface area contributed by atoms with E-state index in [9.17, 15) is 0 Å². The molecular weight excluding hydrogens is 216 g/mol. The summed E-state index contributed by atoms with van der Waals surface area (Å²) >= 11 is 0. The molecule has 0 saturated carbocycles. The molecule has 1 unspecified atom stereocenters. The molecule has 0 radical (unpaired) electrons. The monoisotopic (exact) mass is 240 g/mol. The second kappa shape index (κ2) is 7.40. The maximum atomic E-state index is 5.06. The number of ether oxygens (including phenoxy) is 1. The summed E-state index contributed by atoms with van der Waals surface area (Å²) in [6.45, 7) is 8.98. The van der Waals surface area contributed by atoms with E-state index in [2.05, 4.69) is 36.2 Å². The Bertz CT molecular complexity index is 311. The summed E-state index contributed by atoms with van der Waals surface area (Å²) < 4.78 is 6.97. The normalized spacial score (nSPS) is 13.2. The Morgan fingerprint density at radius 2 is 2.18 bits per heavy atom. The fraction of sp³-hybridized carbons (Fsp3) is 0.833. The van der Waals surface area contributed by atoms with Crippen LogP contribution in [0.1, 0.15) is 39.1 Å². The topological polar surface area (TPSA) is 52.0 Å². The third kappa shape index (κ3) is 5.28. The molecule has 0 fully saturated rings. The Hall–Kier alpha value is -0.940. The van der Waals surface area contributed by atoms with Crippen LogP contribution in [0.3, 0.4) is 0 Å². The second-order valence-electron chi connectivity index (χ2n) is 4.80. The first-order valence-corrected chi connectivity index (χ1v) is 6.23. The molecule has 0 aliphatic heterocycles. The largest absolute Gasteiger partial charge is 0.385 e. The molecule has 0 bridgehead atoms. The predicted octanol–water partition coefficient (Wildman–Crippen LogP) is 1.62. The van der Waals surface area contributed by atoms with Crippen LogP contribution in [0, 0.1) is 5.92 Å². The zero-order chi connectivity index (χ0) is 12.7. The van der Waals surface area contributed by atoms with Gasteiger partial charge in [0.15, 0.2) is 5.82 Å². The van der Waals surface area contributed by atoms with Crippen molar-refractivity contribution in [2.75, 3.05) is 20.3 Å². The molecule has 0 saturated heterocycles. The van der Waals surface area contributed by atoms with Gasteiger partial charge in [-0.2, -0.15) is 5.10 Å². The van der Waals surface area contributed by atoms with E-state index >= 15 is 0 Å². The number of rotatable bonds is 8. The maximum Gasteiger partial charge on any atom is 0.164 e. The van der Waals surface area contributed by atoms with E-state index < -0.39 is 0 Å². The first-order chi connectivity index (χ1) is 8.13. The van der Waals surface area contributed by atoms with Crippen LogP contribution < -0.4 is 5.32 Å². The van der Waals surface area contributed by atoms with Crippen molar-refractivity contribution in [3.8, 4) is 0 Å². The molecule has 0 spiro atoms. The van der Waals surface area contributed by atoms with E-state index in [0.717, 1.165) is 31.9 Å². The van der Waals surface area contributed by atoms with Crippen LogP contribution in [0.25, 0.3) is 0 Å².